The van der Waals surface area contributed by atoms with E-state index >= 15 is 0 Å². The number of rotatable bonds is 5. The number of hydrogen-bond acceptors (Lipinski definition) is 3. The number of thioether (sulfide) groups is 1. The van der Waals surface area contributed by atoms with E-state index in [-0.39, 0.29) is 5.56 Å². The molecular weight excluding hydrogens is 402 g/mol. The summed E-state index contributed by atoms with van der Waals surface area (Å²) in [6, 6.07) is 28.2. The van der Waals surface area contributed by atoms with Gasteiger partial charge in [0.1, 0.15) is 11.0 Å². The van der Waals surface area contributed by atoms with Crippen molar-refractivity contribution in [1.82, 2.24) is 14.5 Å². The highest BCUT2D eigenvalue weighted by Crippen LogP contribution is 2.30. The Morgan fingerprint density at radius 2 is 1.58 bits per heavy atom. The third-order valence-electron chi connectivity index (χ3n) is 5.32. The molecule has 4 nitrogen and oxygen atoms in total. The SMILES string of the molecule is Cc1ccccc1-n1c(SCc2ccccc2)nc2c(-c3ccccc3)c[nH]c2c1=O. The van der Waals surface area contributed by atoms with E-state index in [2.05, 4.69) is 17.1 Å². The normalized spacial score (nSPS) is 11.1. The van der Waals surface area contributed by atoms with E-state index in [9.17, 15) is 4.79 Å². The Bertz CT molecular complexity index is 1410. The van der Waals surface area contributed by atoms with Crippen molar-refractivity contribution in [2.24, 2.45) is 0 Å². The van der Waals surface area contributed by atoms with Crippen molar-refractivity contribution in [2.75, 3.05) is 0 Å². The van der Waals surface area contributed by atoms with E-state index in [1.54, 1.807) is 16.3 Å². The van der Waals surface area contributed by atoms with Crippen LogP contribution in [-0.4, -0.2) is 14.5 Å². The second-order valence-electron chi connectivity index (χ2n) is 7.39. The molecule has 0 aliphatic carbocycles. The second kappa shape index (κ2) is 8.28. The number of benzene rings is 3. The van der Waals surface area contributed by atoms with E-state index in [4.69, 9.17) is 4.98 Å². The van der Waals surface area contributed by atoms with Crippen LogP contribution in [-0.2, 0) is 5.75 Å². The Morgan fingerprint density at radius 3 is 2.32 bits per heavy atom. The first-order valence-electron chi connectivity index (χ1n) is 10.1. The Labute approximate surface area is 184 Å². The minimum atomic E-state index is -0.0861. The zero-order valence-corrected chi connectivity index (χ0v) is 17.9. The molecule has 31 heavy (non-hydrogen) atoms. The second-order valence-corrected chi connectivity index (χ2v) is 8.33. The predicted octanol–water partition coefficient (Wildman–Crippen LogP) is 5.98. The summed E-state index contributed by atoms with van der Waals surface area (Å²) < 4.78 is 1.73. The quantitative estimate of drug-likeness (QED) is 0.279. The monoisotopic (exact) mass is 423 g/mol. The van der Waals surface area contributed by atoms with Crippen LogP contribution < -0.4 is 5.56 Å². The van der Waals surface area contributed by atoms with Gasteiger partial charge in [-0.15, -0.1) is 0 Å². The lowest BCUT2D eigenvalue weighted by Crippen LogP contribution is -2.22. The van der Waals surface area contributed by atoms with E-state index in [0.717, 1.165) is 28.1 Å². The smallest absolute Gasteiger partial charge is 0.283 e. The molecule has 5 aromatic rings. The third-order valence-corrected chi connectivity index (χ3v) is 6.33. The Morgan fingerprint density at radius 1 is 0.903 bits per heavy atom. The number of aromatic amines is 1. The molecule has 1 N–H and O–H groups in total. The van der Waals surface area contributed by atoms with Gasteiger partial charge in [-0.1, -0.05) is 90.6 Å². The minimum absolute atomic E-state index is 0.0861. The molecule has 0 saturated heterocycles. The van der Waals surface area contributed by atoms with Gasteiger partial charge in [0.25, 0.3) is 5.56 Å². The number of nitrogens with zero attached hydrogens (tertiary/aromatic N) is 2. The van der Waals surface area contributed by atoms with Crippen LogP contribution in [0.3, 0.4) is 0 Å². The molecule has 3 aromatic carbocycles. The maximum absolute atomic E-state index is 13.6. The molecule has 0 aliphatic heterocycles. The first kappa shape index (κ1) is 19.4. The lowest BCUT2D eigenvalue weighted by Gasteiger charge is -2.14. The fourth-order valence-corrected chi connectivity index (χ4v) is 4.68. The first-order valence-corrected chi connectivity index (χ1v) is 11.1. The number of para-hydroxylation sites is 1. The number of aryl methyl sites for hydroxylation is 1. The average molecular weight is 424 g/mol. The summed E-state index contributed by atoms with van der Waals surface area (Å²) in [7, 11) is 0. The summed E-state index contributed by atoms with van der Waals surface area (Å²) in [6.45, 7) is 2.02. The standard InChI is InChI=1S/C26H21N3OS/c1-18-10-8-9-15-22(18)29-25(30)24-23(21(16-27-24)20-13-6-3-7-14-20)28-26(29)31-17-19-11-4-2-5-12-19/h2-16,27H,17H2,1H3. The molecule has 2 heterocycles. The van der Waals surface area contributed by atoms with E-state index in [0.29, 0.717) is 16.2 Å². The molecule has 0 spiro atoms. The highest BCUT2D eigenvalue weighted by atomic mass is 32.2. The number of fused-ring (bicyclic) bond motifs is 1. The van der Waals surface area contributed by atoms with Crippen LogP contribution in [0.5, 0.6) is 0 Å². The van der Waals surface area contributed by atoms with Gasteiger partial charge in [0.15, 0.2) is 5.16 Å². The zero-order chi connectivity index (χ0) is 21.2. The van der Waals surface area contributed by atoms with Crippen LogP contribution in [0.2, 0.25) is 0 Å². The van der Waals surface area contributed by atoms with Gasteiger partial charge in [-0.2, -0.15) is 0 Å². The van der Waals surface area contributed by atoms with Crippen LogP contribution in [0.25, 0.3) is 27.8 Å². The number of H-pyrrole nitrogens is 1. The highest BCUT2D eigenvalue weighted by molar-refractivity contribution is 7.98. The van der Waals surface area contributed by atoms with Gasteiger partial charge in [0.2, 0.25) is 0 Å². The molecule has 5 heteroatoms. The van der Waals surface area contributed by atoms with Gasteiger partial charge in [-0.3, -0.25) is 9.36 Å². The van der Waals surface area contributed by atoms with Crippen LogP contribution in [0, 0.1) is 6.92 Å². The molecule has 0 saturated carbocycles. The molecule has 5 rings (SSSR count). The molecule has 0 fully saturated rings. The van der Waals surface area contributed by atoms with Gasteiger partial charge in [-0.25, -0.2) is 4.98 Å². The maximum Gasteiger partial charge on any atom is 0.283 e. The minimum Gasteiger partial charge on any atom is -0.355 e. The van der Waals surface area contributed by atoms with Gasteiger partial charge in [-0.05, 0) is 29.7 Å². The van der Waals surface area contributed by atoms with Crippen molar-refractivity contribution in [3.8, 4) is 16.8 Å². The molecule has 0 radical (unpaired) electrons. The fraction of sp³-hybridized carbons (Fsp3) is 0.0769. The molecule has 0 bridgehead atoms. The third kappa shape index (κ3) is 3.68. The van der Waals surface area contributed by atoms with Crippen LogP contribution in [0.1, 0.15) is 11.1 Å². The van der Waals surface area contributed by atoms with Crippen LogP contribution >= 0.6 is 11.8 Å². The van der Waals surface area contributed by atoms with Gasteiger partial charge < -0.3 is 4.98 Å². The van der Waals surface area contributed by atoms with Gasteiger partial charge in [0, 0.05) is 17.5 Å². The average Bonchev–Trinajstić information content (AvgIpc) is 3.24. The topological polar surface area (TPSA) is 50.7 Å². The largest absolute Gasteiger partial charge is 0.355 e. The van der Waals surface area contributed by atoms with E-state index in [1.807, 2.05) is 85.9 Å². The number of hydrogen-bond donors (Lipinski definition) is 1. The summed E-state index contributed by atoms with van der Waals surface area (Å²) >= 11 is 1.58. The number of aromatic nitrogens is 3. The van der Waals surface area contributed by atoms with Crippen molar-refractivity contribution >= 4 is 22.8 Å². The fourth-order valence-electron chi connectivity index (χ4n) is 3.72. The summed E-state index contributed by atoms with van der Waals surface area (Å²) in [5.41, 5.74) is 6.19. The predicted molar refractivity (Wildman–Crippen MR) is 128 cm³/mol. The van der Waals surface area contributed by atoms with Gasteiger partial charge in [0.05, 0.1) is 5.69 Å². The Kier molecular flexibility index (Phi) is 5.18. The summed E-state index contributed by atoms with van der Waals surface area (Å²) in [6.07, 6.45) is 1.88. The first-order chi connectivity index (χ1) is 15.2. The van der Waals surface area contributed by atoms with E-state index < -0.39 is 0 Å². The zero-order valence-electron chi connectivity index (χ0n) is 17.1. The summed E-state index contributed by atoms with van der Waals surface area (Å²) in [5, 5.41) is 0.687. The molecule has 0 amide bonds. The van der Waals surface area contributed by atoms with Crippen molar-refractivity contribution in [2.45, 2.75) is 17.8 Å². The molecule has 152 valence electrons. The highest BCUT2D eigenvalue weighted by Gasteiger charge is 2.18. The molecule has 0 atom stereocenters. The van der Waals surface area contributed by atoms with Gasteiger partial charge >= 0.3 is 0 Å². The van der Waals surface area contributed by atoms with Crippen molar-refractivity contribution in [3.05, 3.63) is 113 Å². The maximum atomic E-state index is 13.6. The molecule has 0 unspecified atom stereocenters. The van der Waals surface area contributed by atoms with Crippen molar-refractivity contribution in [1.29, 1.82) is 0 Å². The van der Waals surface area contributed by atoms with Crippen LogP contribution in [0.4, 0.5) is 0 Å². The summed E-state index contributed by atoms with van der Waals surface area (Å²) in [4.78, 5) is 21.8. The molecular formula is C26H21N3OS. The summed E-state index contributed by atoms with van der Waals surface area (Å²) in [5.74, 6) is 0.732. The molecule has 2 aromatic heterocycles. The Hall–Kier alpha value is -3.57. The molecule has 0 aliphatic rings. The van der Waals surface area contributed by atoms with Crippen molar-refractivity contribution in [3.63, 3.8) is 0 Å². The van der Waals surface area contributed by atoms with Crippen molar-refractivity contribution < 1.29 is 0 Å². The lowest BCUT2D eigenvalue weighted by atomic mass is 10.1. The lowest BCUT2D eigenvalue weighted by molar-refractivity contribution is 0.813. The number of nitrogens with one attached hydrogen (secondary N) is 1. The van der Waals surface area contributed by atoms with Crippen LogP contribution in [0.15, 0.2) is 101 Å². The Balaban J connectivity index is 1.71. The van der Waals surface area contributed by atoms with E-state index in [1.165, 1.54) is 5.56 Å².